The van der Waals surface area contributed by atoms with E-state index in [1.807, 2.05) is 6.07 Å². The summed E-state index contributed by atoms with van der Waals surface area (Å²) in [6, 6.07) is 14.7. The van der Waals surface area contributed by atoms with Gasteiger partial charge in [-0.3, -0.25) is 4.79 Å². The Hall–Kier alpha value is -3.79. The molecule has 0 atom stereocenters. The van der Waals surface area contributed by atoms with E-state index in [1.165, 1.54) is 24.5 Å². The second-order valence-corrected chi connectivity index (χ2v) is 5.42. The first-order valence-electron chi connectivity index (χ1n) is 7.76. The van der Waals surface area contributed by atoms with Crippen LogP contribution in [-0.4, -0.2) is 15.9 Å². The maximum atomic E-state index is 12.9. The standard InChI is InChI=1S/C19H14FN5O/c20-16-6-4-13(5-7-16)10-22-19-23-11-15(12-24-19)18(26)25-17-3-1-2-14(8-17)9-21/h1-8,11-12H,10H2,(H,25,26)(H,22,23,24). The summed E-state index contributed by atoms with van der Waals surface area (Å²) in [5, 5.41) is 14.6. The Morgan fingerprint density at radius 2 is 1.85 bits per heavy atom. The molecule has 2 N–H and O–H groups in total. The van der Waals surface area contributed by atoms with Crippen molar-refractivity contribution in [2.45, 2.75) is 6.54 Å². The van der Waals surface area contributed by atoms with Gasteiger partial charge in [0.25, 0.3) is 5.91 Å². The van der Waals surface area contributed by atoms with E-state index in [0.29, 0.717) is 29.3 Å². The molecule has 2 aromatic carbocycles. The molecule has 7 heteroatoms. The van der Waals surface area contributed by atoms with Crippen LogP contribution in [-0.2, 0) is 6.54 Å². The molecule has 3 rings (SSSR count). The molecule has 0 aliphatic heterocycles. The largest absolute Gasteiger partial charge is 0.350 e. The average Bonchev–Trinajstić information content (AvgIpc) is 2.68. The third kappa shape index (κ3) is 4.39. The zero-order valence-corrected chi connectivity index (χ0v) is 13.6. The maximum Gasteiger partial charge on any atom is 0.258 e. The van der Waals surface area contributed by atoms with E-state index < -0.39 is 0 Å². The summed E-state index contributed by atoms with van der Waals surface area (Å²) in [6.45, 7) is 0.437. The van der Waals surface area contributed by atoms with E-state index in [0.717, 1.165) is 5.56 Å². The number of carbonyl (C=O) groups is 1. The van der Waals surface area contributed by atoms with Crippen LogP contribution in [0.15, 0.2) is 60.9 Å². The van der Waals surface area contributed by atoms with Gasteiger partial charge < -0.3 is 10.6 Å². The van der Waals surface area contributed by atoms with Crippen molar-refractivity contribution < 1.29 is 9.18 Å². The van der Waals surface area contributed by atoms with Crippen LogP contribution >= 0.6 is 0 Å². The summed E-state index contributed by atoms with van der Waals surface area (Å²) in [6.07, 6.45) is 2.81. The second kappa shape index (κ2) is 7.85. The molecule has 3 aromatic rings. The lowest BCUT2D eigenvalue weighted by Crippen LogP contribution is -2.13. The van der Waals surface area contributed by atoms with Gasteiger partial charge in [-0.2, -0.15) is 5.26 Å². The highest BCUT2D eigenvalue weighted by atomic mass is 19.1. The molecule has 0 aliphatic rings. The minimum Gasteiger partial charge on any atom is -0.350 e. The van der Waals surface area contributed by atoms with Gasteiger partial charge in [0.2, 0.25) is 5.95 Å². The Kier molecular flexibility index (Phi) is 5.15. The number of benzene rings is 2. The maximum absolute atomic E-state index is 12.9. The van der Waals surface area contributed by atoms with Gasteiger partial charge in [0.1, 0.15) is 5.82 Å². The third-order valence-corrected chi connectivity index (χ3v) is 3.53. The first kappa shape index (κ1) is 17.0. The van der Waals surface area contributed by atoms with E-state index in [2.05, 4.69) is 20.6 Å². The van der Waals surface area contributed by atoms with Crippen LogP contribution in [0.5, 0.6) is 0 Å². The molecule has 26 heavy (non-hydrogen) atoms. The second-order valence-electron chi connectivity index (χ2n) is 5.42. The van der Waals surface area contributed by atoms with Crippen molar-refractivity contribution in [3.8, 4) is 6.07 Å². The number of rotatable bonds is 5. The highest BCUT2D eigenvalue weighted by Gasteiger charge is 2.08. The topological polar surface area (TPSA) is 90.7 Å². The quantitative estimate of drug-likeness (QED) is 0.738. The molecule has 0 saturated heterocycles. The predicted octanol–water partition coefficient (Wildman–Crippen LogP) is 3.35. The molecule has 128 valence electrons. The molecule has 0 saturated carbocycles. The number of nitriles is 1. The summed E-state index contributed by atoms with van der Waals surface area (Å²) in [5.74, 6) is -0.303. The molecule has 0 fully saturated rings. The van der Waals surface area contributed by atoms with Gasteiger partial charge in [0, 0.05) is 24.6 Å². The Balaban J connectivity index is 1.60. The van der Waals surface area contributed by atoms with Gasteiger partial charge in [0.15, 0.2) is 0 Å². The van der Waals surface area contributed by atoms with Crippen molar-refractivity contribution in [3.63, 3.8) is 0 Å². The normalized spacial score (nSPS) is 10.0. The molecule has 1 aromatic heterocycles. The first-order valence-corrected chi connectivity index (χ1v) is 7.76. The zero-order valence-electron chi connectivity index (χ0n) is 13.6. The van der Waals surface area contributed by atoms with E-state index in [1.54, 1.807) is 36.4 Å². The van der Waals surface area contributed by atoms with Gasteiger partial charge in [-0.05, 0) is 35.9 Å². The molecule has 0 aliphatic carbocycles. The zero-order chi connectivity index (χ0) is 18.4. The number of hydrogen-bond donors (Lipinski definition) is 2. The van der Waals surface area contributed by atoms with Crippen LogP contribution in [0.1, 0.15) is 21.5 Å². The smallest absolute Gasteiger partial charge is 0.258 e. The fraction of sp³-hybridized carbons (Fsp3) is 0.0526. The fourth-order valence-electron chi connectivity index (χ4n) is 2.19. The molecule has 6 nitrogen and oxygen atoms in total. The minimum absolute atomic E-state index is 0.291. The van der Waals surface area contributed by atoms with Crippen molar-refractivity contribution in [2.75, 3.05) is 10.6 Å². The lowest BCUT2D eigenvalue weighted by molar-refractivity contribution is 0.102. The van der Waals surface area contributed by atoms with Crippen LogP contribution in [0.25, 0.3) is 0 Å². The number of anilines is 2. The number of amides is 1. The van der Waals surface area contributed by atoms with Crippen molar-refractivity contribution >= 4 is 17.5 Å². The van der Waals surface area contributed by atoms with Gasteiger partial charge >= 0.3 is 0 Å². The molecule has 0 radical (unpaired) electrons. The number of carbonyl (C=O) groups excluding carboxylic acids is 1. The van der Waals surface area contributed by atoms with Crippen LogP contribution in [0, 0.1) is 17.1 Å². The number of nitrogens with zero attached hydrogens (tertiary/aromatic N) is 3. The Bertz CT molecular complexity index is 949. The van der Waals surface area contributed by atoms with Gasteiger partial charge in [-0.1, -0.05) is 18.2 Å². The molecule has 0 spiro atoms. The SMILES string of the molecule is N#Cc1cccc(NC(=O)c2cnc(NCc3ccc(F)cc3)nc2)c1. The van der Waals surface area contributed by atoms with Crippen molar-refractivity contribution in [3.05, 3.63) is 83.4 Å². The molecular formula is C19H14FN5O. The summed E-state index contributed by atoms with van der Waals surface area (Å²) < 4.78 is 12.9. The lowest BCUT2D eigenvalue weighted by Gasteiger charge is -2.07. The van der Waals surface area contributed by atoms with E-state index >= 15 is 0 Å². The highest BCUT2D eigenvalue weighted by Crippen LogP contribution is 2.12. The van der Waals surface area contributed by atoms with Gasteiger partial charge in [-0.25, -0.2) is 14.4 Å². The summed E-state index contributed by atoms with van der Waals surface area (Å²) in [4.78, 5) is 20.4. The van der Waals surface area contributed by atoms with Gasteiger partial charge in [0.05, 0.1) is 17.2 Å². The molecule has 0 unspecified atom stereocenters. The van der Waals surface area contributed by atoms with E-state index in [-0.39, 0.29) is 11.7 Å². The summed E-state index contributed by atoms with van der Waals surface area (Å²) >= 11 is 0. The van der Waals surface area contributed by atoms with Crippen LogP contribution in [0.2, 0.25) is 0 Å². The number of halogens is 1. The average molecular weight is 347 g/mol. The summed E-state index contributed by atoms with van der Waals surface area (Å²) in [5.41, 5.74) is 2.15. The van der Waals surface area contributed by atoms with E-state index in [9.17, 15) is 9.18 Å². The Labute approximate surface area is 149 Å². The Morgan fingerprint density at radius 3 is 2.54 bits per heavy atom. The third-order valence-electron chi connectivity index (χ3n) is 3.53. The number of nitrogens with one attached hydrogen (secondary N) is 2. The Morgan fingerprint density at radius 1 is 1.12 bits per heavy atom. The van der Waals surface area contributed by atoms with Crippen molar-refractivity contribution in [1.29, 1.82) is 5.26 Å². The molecule has 1 heterocycles. The molecule has 1 amide bonds. The van der Waals surface area contributed by atoms with Crippen LogP contribution in [0.3, 0.4) is 0 Å². The van der Waals surface area contributed by atoms with Crippen molar-refractivity contribution in [1.82, 2.24) is 9.97 Å². The van der Waals surface area contributed by atoms with Crippen molar-refractivity contribution in [2.24, 2.45) is 0 Å². The first-order chi connectivity index (χ1) is 12.6. The van der Waals surface area contributed by atoms with Gasteiger partial charge in [-0.15, -0.1) is 0 Å². The summed E-state index contributed by atoms with van der Waals surface area (Å²) in [7, 11) is 0. The fourth-order valence-corrected chi connectivity index (χ4v) is 2.19. The molecule has 0 bridgehead atoms. The van der Waals surface area contributed by atoms with E-state index in [4.69, 9.17) is 5.26 Å². The highest BCUT2D eigenvalue weighted by molar-refractivity contribution is 6.03. The monoisotopic (exact) mass is 347 g/mol. The van der Waals surface area contributed by atoms with Crippen LogP contribution in [0.4, 0.5) is 16.0 Å². The number of hydrogen-bond acceptors (Lipinski definition) is 5. The minimum atomic E-state index is -0.370. The van der Waals surface area contributed by atoms with Crippen LogP contribution < -0.4 is 10.6 Å². The molecular weight excluding hydrogens is 333 g/mol. The predicted molar refractivity (Wildman–Crippen MR) is 94.9 cm³/mol. The lowest BCUT2D eigenvalue weighted by atomic mass is 10.2. The number of aromatic nitrogens is 2.